The number of pyridine rings is 1. The lowest BCUT2D eigenvalue weighted by Crippen LogP contribution is -2.44. The second-order valence-electron chi connectivity index (χ2n) is 10.9. The van der Waals surface area contributed by atoms with E-state index in [1.807, 2.05) is 58.0 Å². The van der Waals surface area contributed by atoms with Gasteiger partial charge in [0.2, 0.25) is 5.95 Å². The zero-order valence-electron chi connectivity index (χ0n) is 22.0. The minimum Gasteiger partial charge on any atom is -0.444 e. The predicted molar refractivity (Wildman–Crippen MR) is 143 cm³/mol. The average molecular weight is 506 g/mol. The van der Waals surface area contributed by atoms with Gasteiger partial charge in [-0.25, -0.2) is 9.78 Å². The van der Waals surface area contributed by atoms with Gasteiger partial charge in [-0.05, 0) is 64.2 Å². The highest BCUT2D eigenvalue weighted by Gasteiger charge is 2.28. The third-order valence-corrected chi connectivity index (χ3v) is 6.96. The third kappa shape index (κ3) is 5.46. The van der Waals surface area contributed by atoms with Crippen molar-refractivity contribution in [1.82, 2.24) is 19.4 Å². The Morgan fingerprint density at radius 2 is 1.89 bits per heavy atom. The first-order valence-corrected chi connectivity index (χ1v) is 13.0. The van der Waals surface area contributed by atoms with Gasteiger partial charge < -0.3 is 19.7 Å². The number of nitrogens with one attached hydrogen (secondary N) is 1. The summed E-state index contributed by atoms with van der Waals surface area (Å²) in [5.41, 5.74) is 2.65. The lowest BCUT2D eigenvalue weighted by atomic mass is 10.0. The van der Waals surface area contributed by atoms with Crippen LogP contribution in [0.2, 0.25) is 0 Å². The van der Waals surface area contributed by atoms with Crippen molar-refractivity contribution in [3.8, 4) is 11.1 Å². The van der Waals surface area contributed by atoms with Crippen LogP contribution in [0, 0.1) is 6.92 Å². The molecule has 0 radical (unpaired) electrons. The summed E-state index contributed by atoms with van der Waals surface area (Å²) in [5, 5.41) is 4.24. The molecule has 0 spiro atoms. The number of benzene rings is 1. The van der Waals surface area contributed by atoms with Crippen LogP contribution in [-0.4, -0.2) is 63.5 Å². The number of carbonyl (C=O) groups is 1. The van der Waals surface area contributed by atoms with Gasteiger partial charge in [0, 0.05) is 42.9 Å². The Balaban J connectivity index is 1.41. The molecule has 196 valence electrons. The maximum absolute atomic E-state index is 13.8. The van der Waals surface area contributed by atoms with Crippen LogP contribution in [0.4, 0.5) is 10.7 Å². The minimum atomic E-state index is -0.510. The second-order valence-corrected chi connectivity index (χ2v) is 10.9. The van der Waals surface area contributed by atoms with Crippen LogP contribution in [0.25, 0.3) is 22.2 Å². The van der Waals surface area contributed by atoms with E-state index in [-0.39, 0.29) is 23.7 Å². The molecule has 37 heavy (non-hydrogen) atoms. The highest BCUT2D eigenvalue weighted by molar-refractivity contribution is 5.82. The molecule has 2 aromatic heterocycles. The van der Waals surface area contributed by atoms with Crippen LogP contribution in [0.1, 0.15) is 51.6 Å². The van der Waals surface area contributed by atoms with E-state index in [0.717, 1.165) is 35.8 Å². The molecule has 2 aliphatic heterocycles. The summed E-state index contributed by atoms with van der Waals surface area (Å²) in [7, 11) is 0. The number of amides is 1. The Morgan fingerprint density at radius 3 is 2.57 bits per heavy atom. The molecular weight excluding hydrogens is 470 g/mol. The van der Waals surface area contributed by atoms with Crippen LogP contribution < -0.4 is 10.9 Å². The summed E-state index contributed by atoms with van der Waals surface area (Å²) >= 11 is 0. The molecule has 3 aromatic rings. The lowest BCUT2D eigenvalue weighted by molar-refractivity contribution is 0.0210. The van der Waals surface area contributed by atoms with Gasteiger partial charge in [0.1, 0.15) is 11.2 Å². The van der Waals surface area contributed by atoms with Gasteiger partial charge in [-0.2, -0.15) is 4.98 Å². The summed E-state index contributed by atoms with van der Waals surface area (Å²) in [6.45, 7) is 9.95. The van der Waals surface area contributed by atoms with Crippen LogP contribution >= 0.6 is 0 Å². The topological polar surface area (TPSA) is 98.6 Å². The monoisotopic (exact) mass is 505 g/mol. The summed E-state index contributed by atoms with van der Waals surface area (Å²) in [4.78, 5) is 37.3. The van der Waals surface area contributed by atoms with Gasteiger partial charge in [0.25, 0.3) is 5.56 Å². The number of carbonyl (C=O) groups excluding carboxylic acids is 1. The molecule has 2 aliphatic rings. The van der Waals surface area contributed by atoms with Crippen molar-refractivity contribution in [3.63, 3.8) is 0 Å². The van der Waals surface area contributed by atoms with Crippen LogP contribution in [0.3, 0.4) is 0 Å². The van der Waals surface area contributed by atoms with E-state index >= 15 is 0 Å². The number of hydrogen-bond donors (Lipinski definition) is 1. The molecule has 0 bridgehead atoms. The van der Waals surface area contributed by atoms with Crippen molar-refractivity contribution in [2.75, 3.05) is 31.6 Å². The summed E-state index contributed by atoms with van der Waals surface area (Å²) in [6.07, 6.45) is 3.79. The van der Waals surface area contributed by atoms with Crippen molar-refractivity contribution >= 4 is 23.1 Å². The van der Waals surface area contributed by atoms with E-state index in [1.165, 1.54) is 0 Å². The van der Waals surface area contributed by atoms with E-state index in [1.54, 1.807) is 15.7 Å². The Labute approximate surface area is 216 Å². The molecular formula is C28H35N5O4. The number of fused-ring (bicyclic) bond motifs is 1. The molecule has 1 atom stereocenters. The molecule has 0 unspecified atom stereocenters. The highest BCUT2D eigenvalue weighted by atomic mass is 16.6. The van der Waals surface area contributed by atoms with Crippen LogP contribution in [0.5, 0.6) is 0 Å². The standard InChI is InChI=1S/C28H35N5O4/c1-18-7-5-6-8-22(18)23-15-19-16-29-26(31-24(19)33(25(23)34)21-11-14-36-17-21)30-20-9-12-32(13-10-20)27(35)37-28(2,3)4/h5-8,15-16,20-21H,9-14,17H2,1-4H3,(H,29,30,31)/t21-/m1/s1. The number of ether oxygens (including phenoxy) is 2. The van der Waals surface area contributed by atoms with E-state index in [0.29, 0.717) is 43.5 Å². The van der Waals surface area contributed by atoms with Crippen LogP contribution in [-0.2, 0) is 9.47 Å². The van der Waals surface area contributed by atoms with E-state index in [9.17, 15) is 9.59 Å². The minimum absolute atomic E-state index is 0.0624. The molecule has 9 heteroatoms. The van der Waals surface area contributed by atoms with E-state index in [2.05, 4.69) is 10.3 Å². The molecule has 5 rings (SSSR count). The molecule has 2 saturated heterocycles. The first-order valence-electron chi connectivity index (χ1n) is 13.0. The van der Waals surface area contributed by atoms with Crippen LogP contribution in [0.15, 0.2) is 41.3 Å². The molecule has 0 saturated carbocycles. The number of likely N-dealkylation sites (tertiary alicyclic amines) is 1. The third-order valence-electron chi connectivity index (χ3n) is 6.96. The van der Waals surface area contributed by atoms with Crippen molar-refractivity contribution in [1.29, 1.82) is 0 Å². The number of nitrogens with zero attached hydrogens (tertiary/aromatic N) is 4. The lowest BCUT2D eigenvalue weighted by Gasteiger charge is -2.33. The SMILES string of the molecule is Cc1ccccc1-c1cc2cnc(NC3CCN(C(=O)OC(C)(C)C)CC3)nc2n([C@@H]2CCOC2)c1=O. The Morgan fingerprint density at radius 1 is 1.14 bits per heavy atom. The molecule has 1 aromatic carbocycles. The first-order chi connectivity index (χ1) is 17.7. The predicted octanol–water partition coefficient (Wildman–Crippen LogP) is 4.54. The second kappa shape index (κ2) is 10.1. The van der Waals surface area contributed by atoms with Gasteiger partial charge in [0.15, 0.2) is 0 Å². The number of piperidine rings is 1. The quantitative estimate of drug-likeness (QED) is 0.556. The van der Waals surface area contributed by atoms with E-state index < -0.39 is 5.60 Å². The Hall–Kier alpha value is -3.46. The Kier molecular flexibility index (Phi) is 6.90. The summed E-state index contributed by atoms with van der Waals surface area (Å²) in [5.74, 6) is 0.485. The fraction of sp³-hybridized carbons (Fsp3) is 0.500. The molecule has 1 N–H and O–H groups in total. The maximum Gasteiger partial charge on any atom is 0.410 e. The fourth-order valence-electron chi connectivity index (χ4n) is 5.04. The number of aromatic nitrogens is 3. The maximum atomic E-state index is 13.8. The van der Waals surface area contributed by atoms with Crippen molar-refractivity contribution < 1.29 is 14.3 Å². The summed E-state index contributed by atoms with van der Waals surface area (Å²) in [6, 6.07) is 9.87. The largest absolute Gasteiger partial charge is 0.444 e. The van der Waals surface area contributed by atoms with Gasteiger partial charge in [-0.3, -0.25) is 9.36 Å². The molecule has 0 aliphatic carbocycles. The van der Waals surface area contributed by atoms with Crippen molar-refractivity contribution in [2.24, 2.45) is 0 Å². The van der Waals surface area contributed by atoms with Gasteiger partial charge >= 0.3 is 6.09 Å². The fourth-order valence-corrected chi connectivity index (χ4v) is 5.04. The molecule has 1 amide bonds. The van der Waals surface area contributed by atoms with Gasteiger partial charge in [-0.15, -0.1) is 0 Å². The highest BCUT2D eigenvalue weighted by Crippen LogP contribution is 2.28. The summed E-state index contributed by atoms with van der Waals surface area (Å²) < 4.78 is 12.9. The zero-order valence-corrected chi connectivity index (χ0v) is 22.0. The van der Waals surface area contributed by atoms with Gasteiger partial charge in [-0.1, -0.05) is 24.3 Å². The average Bonchev–Trinajstić information content (AvgIpc) is 3.38. The molecule has 2 fully saturated rings. The first kappa shape index (κ1) is 25.2. The van der Waals surface area contributed by atoms with Crippen molar-refractivity contribution in [3.05, 3.63) is 52.4 Å². The number of aryl methyl sites for hydroxylation is 1. The number of rotatable bonds is 4. The number of anilines is 1. The number of hydrogen-bond acceptors (Lipinski definition) is 7. The van der Waals surface area contributed by atoms with Gasteiger partial charge in [0.05, 0.1) is 12.6 Å². The van der Waals surface area contributed by atoms with E-state index in [4.69, 9.17) is 14.5 Å². The Bertz CT molecular complexity index is 1350. The van der Waals surface area contributed by atoms with Crippen molar-refractivity contribution in [2.45, 2.75) is 64.6 Å². The molecule has 9 nitrogen and oxygen atoms in total. The smallest absolute Gasteiger partial charge is 0.410 e. The zero-order chi connectivity index (χ0) is 26.2. The molecule has 4 heterocycles. The normalized spacial score (nSPS) is 18.8.